The van der Waals surface area contributed by atoms with Crippen LogP contribution in [0.2, 0.25) is 0 Å². The van der Waals surface area contributed by atoms with E-state index in [4.69, 9.17) is 0 Å². The van der Waals surface area contributed by atoms with Crippen LogP contribution in [0.25, 0.3) is 0 Å². The summed E-state index contributed by atoms with van der Waals surface area (Å²) in [7, 11) is 0. The van der Waals surface area contributed by atoms with Gasteiger partial charge in [0.25, 0.3) is 5.91 Å². The highest BCUT2D eigenvalue weighted by Crippen LogP contribution is 2.27. The number of amides is 2. The third-order valence-corrected chi connectivity index (χ3v) is 5.26. The number of benzene rings is 1. The minimum atomic E-state index is -0.172. The second kappa shape index (κ2) is 6.73. The van der Waals surface area contributed by atoms with Gasteiger partial charge in [0.05, 0.1) is 17.3 Å². The molecule has 6 heteroatoms. The molecule has 1 N–H and O–H groups in total. The van der Waals surface area contributed by atoms with Crippen LogP contribution in [-0.4, -0.2) is 23.3 Å². The molecule has 0 saturated carbocycles. The summed E-state index contributed by atoms with van der Waals surface area (Å²) in [5.41, 5.74) is 3.19. The summed E-state index contributed by atoms with van der Waals surface area (Å²) in [6.07, 6.45) is 1.38. The monoisotopic (exact) mass is 343 g/mol. The number of hydrogen-bond donors (Lipinski definition) is 1. The summed E-state index contributed by atoms with van der Waals surface area (Å²) in [5, 5.41) is 5.86. The lowest BCUT2D eigenvalue weighted by molar-refractivity contribution is -0.117. The maximum absolute atomic E-state index is 12.8. The molecule has 2 aromatic rings. The molecule has 1 aromatic heterocycles. The Balaban J connectivity index is 1.86. The Bertz CT molecular complexity index is 784. The van der Waals surface area contributed by atoms with Crippen molar-refractivity contribution >= 4 is 28.8 Å². The summed E-state index contributed by atoms with van der Waals surface area (Å²) < 4.78 is 0. The van der Waals surface area contributed by atoms with Crippen molar-refractivity contribution in [3.05, 3.63) is 45.4 Å². The van der Waals surface area contributed by atoms with Crippen molar-refractivity contribution in [2.75, 3.05) is 11.4 Å². The fraction of sp³-hybridized carbons (Fsp3) is 0.389. The highest BCUT2D eigenvalue weighted by molar-refractivity contribution is 7.09. The van der Waals surface area contributed by atoms with Crippen molar-refractivity contribution in [1.82, 2.24) is 10.3 Å². The minimum Gasteiger partial charge on any atom is -0.343 e. The molecule has 5 nitrogen and oxygen atoms in total. The van der Waals surface area contributed by atoms with Gasteiger partial charge in [-0.1, -0.05) is 11.6 Å². The molecule has 126 valence electrons. The Labute approximate surface area is 145 Å². The van der Waals surface area contributed by atoms with E-state index in [-0.39, 0.29) is 17.9 Å². The molecule has 2 amide bonds. The van der Waals surface area contributed by atoms with E-state index in [1.165, 1.54) is 11.3 Å². The molecular weight excluding hydrogens is 322 g/mol. The van der Waals surface area contributed by atoms with E-state index in [1.54, 1.807) is 4.90 Å². The average Bonchev–Trinajstić information content (AvgIpc) is 3.16. The van der Waals surface area contributed by atoms with Crippen LogP contribution in [0.1, 0.15) is 52.4 Å². The zero-order valence-electron chi connectivity index (χ0n) is 14.1. The van der Waals surface area contributed by atoms with Crippen LogP contribution in [0, 0.1) is 13.8 Å². The normalized spacial score (nSPS) is 15.6. The van der Waals surface area contributed by atoms with Gasteiger partial charge in [0, 0.05) is 24.0 Å². The van der Waals surface area contributed by atoms with Gasteiger partial charge < -0.3 is 10.2 Å². The molecular formula is C18H21N3O2S. The molecule has 1 saturated heterocycles. The van der Waals surface area contributed by atoms with Crippen molar-refractivity contribution in [3.63, 3.8) is 0 Å². The second-order valence-electron chi connectivity index (χ2n) is 6.19. The number of aromatic nitrogens is 1. The van der Waals surface area contributed by atoms with Gasteiger partial charge in [-0.15, -0.1) is 11.3 Å². The van der Waals surface area contributed by atoms with Crippen LogP contribution in [0.15, 0.2) is 23.6 Å². The zero-order chi connectivity index (χ0) is 17.3. The van der Waals surface area contributed by atoms with Crippen molar-refractivity contribution in [1.29, 1.82) is 0 Å². The molecule has 0 unspecified atom stereocenters. The Morgan fingerprint density at radius 3 is 2.79 bits per heavy atom. The van der Waals surface area contributed by atoms with Crippen LogP contribution in [0.3, 0.4) is 0 Å². The third kappa shape index (κ3) is 3.33. The Morgan fingerprint density at radius 1 is 1.38 bits per heavy atom. The van der Waals surface area contributed by atoms with Crippen molar-refractivity contribution in [2.45, 2.75) is 39.7 Å². The summed E-state index contributed by atoms with van der Waals surface area (Å²) >= 11 is 1.54. The quantitative estimate of drug-likeness (QED) is 0.926. The van der Waals surface area contributed by atoms with E-state index in [9.17, 15) is 9.59 Å². The molecule has 1 fully saturated rings. The van der Waals surface area contributed by atoms with Crippen LogP contribution >= 0.6 is 11.3 Å². The molecule has 0 bridgehead atoms. The largest absolute Gasteiger partial charge is 0.343 e. The first kappa shape index (κ1) is 16.6. The fourth-order valence-electron chi connectivity index (χ4n) is 2.88. The number of hydrogen-bond acceptors (Lipinski definition) is 4. The summed E-state index contributed by atoms with van der Waals surface area (Å²) in [5.74, 6) is -0.0924. The molecule has 1 aromatic carbocycles. The van der Waals surface area contributed by atoms with Gasteiger partial charge in [-0.3, -0.25) is 9.59 Å². The first-order valence-electron chi connectivity index (χ1n) is 8.09. The highest BCUT2D eigenvalue weighted by atomic mass is 32.1. The van der Waals surface area contributed by atoms with E-state index in [2.05, 4.69) is 10.3 Å². The Morgan fingerprint density at radius 2 is 2.17 bits per heavy atom. The lowest BCUT2D eigenvalue weighted by Gasteiger charge is -2.21. The molecule has 1 aliphatic heterocycles. The highest BCUT2D eigenvalue weighted by Gasteiger charge is 2.26. The van der Waals surface area contributed by atoms with Gasteiger partial charge >= 0.3 is 0 Å². The van der Waals surface area contributed by atoms with Crippen LogP contribution in [-0.2, 0) is 4.79 Å². The molecule has 1 aliphatic rings. The first-order valence-corrected chi connectivity index (χ1v) is 8.97. The standard InChI is InChI=1S/C18H21N3O2S/c1-11-6-7-15(21-8-4-5-16(21)22)14(9-11)17(23)20-13(3)18-19-12(2)10-24-18/h6-7,9-10,13H,4-5,8H2,1-3H3,(H,20,23)/t13-/m1/s1. The minimum absolute atomic E-state index is 0.0801. The van der Waals surface area contributed by atoms with E-state index in [1.807, 2.05) is 44.4 Å². The molecule has 3 rings (SSSR count). The third-order valence-electron chi connectivity index (χ3n) is 4.12. The molecule has 0 radical (unpaired) electrons. The van der Waals surface area contributed by atoms with Gasteiger partial charge in [-0.05, 0) is 39.3 Å². The SMILES string of the molecule is Cc1ccc(N2CCCC2=O)c(C(=O)N[C@H](C)c2nc(C)cs2)c1. The van der Waals surface area contributed by atoms with Gasteiger partial charge in [0.1, 0.15) is 5.01 Å². The number of nitrogens with zero attached hydrogens (tertiary/aromatic N) is 2. The Hall–Kier alpha value is -2.21. The van der Waals surface area contributed by atoms with Crippen LogP contribution in [0.4, 0.5) is 5.69 Å². The molecule has 0 aliphatic carbocycles. The van der Waals surface area contributed by atoms with Crippen molar-refractivity contribution in [3.8, 4) is 0 Å². The molecule has 2 heterocycles. The van der Waals surface area contributed by atoms with E-state index in [0.717, 1.165) is 22.7 Å². The van der Waals surface area contributed by atoms with Crippen molar-refractivity contribution < 1.29 is 9.59 Å². The number of carbonyl (C=O) groups is 2. The molecule has 0 spiro atoms. The topological polar surface area (TPSA) is 62.3 Å². The smallest absolute Gasteiger partial charge is 0.253 e. The van der Waals surface area contributed by atoms with E-state index in [0.29, 0.717) is 24.2 Å². The number of thiazole rings is 1. The maximum atomic E-state index is 12.8. The van der Waals surface area contributed by atoms with Crippen molar-refractivity contribution in [2.24, 2.45) is 0 Å². The van der Waals surface area contributed by atoms with Crippen LogP contribution < -0.4 is 10.2 Å². The fourth-order valence-corrected chi connectivity index (χ4v) is 3.68. The number of aryl methyl sites for hydroxylation is 2. The van der Waals surface area contributed by atoms with E-state index < -0.39 is 0 Å². The predicted molar refractivity (Wildman–Crippen MR) is 95.5 cm³/mol. The number of anilines is 1. The summed E-state index contributed by atoms with van der Waals surface area (Å²) in [6, 6.07) is 5.48. The average molecular weight is 343 g/mol. The lowest BCUT2D eigenvalue weighted by Crippen LogP contribution is -2.31. The molecule has 1 atom stereocenters. The van der Waals surface area contributed by atoms with Gasteiger partial charge in [0.2, 0.25) is 5.91 Å². The van der Waals surface area contributed by atoms with Crippen LogP contribution in [0.5, 0.6) is 0 Å². The maximum Gasteiger partial charge on any atom is 0.253 e. The van der Waals surface area contributed by atoms with E-state index >= 15 is 0 Å². The number of carbonyl (C=O) groups excluding carboxylic acids is 2. The summed E-state index contributed by atoms with van der Waals surface area (Å²) in [6.45, 7) is 6.47. The predicted octanol–water partition coefficient (Wildman–Crippen LogP) is 3.38. The van der Waals surface area contributed by atoms with Gasteiger partial charge in [0.15, 0.2) is 0 Å². The van der Waals surface area contributed by atoms with Gasteiger partial charge in [-0.25, -0.2) is 4.98 Å². The number of rotatable bonds is 4. The summed E-state index contributed by atoms with van der Waals surface area (Å²) in [4.78, 5) is 31.0. The second-order valence-corrected chi connectivity index (χ2v) is 7.08. The molecule has 24 heavy (non-hydrogen) atoms. The first-order chi connectivity index (χ1) is 11.5. The Kier molecular flexibility index (Phi) is 4.66. The zero-order valence-corrected chi connectivity index (χ0v) is 14.9. The number of nitrogens with one attached hydrogen (secondary N) is 1. The lowest BCUT2D eigenvalue weighted by atomic mass is 10.1. The van der Waals surface area contributed by atoms with Gasteiger partial charge in [-0.2, -0.15) is 0 Å².